The standard InChI is InChI=1S/C21H27N3O4/c1-25-17-12-15-6-11-27-21(16(15)13-18(17)26-2)7-9-24(10-8-21)20-22-19(28-23-20)14-4-3-5-14/h12-14H,3-11H2,1-2H3. The van der Waals surface area contributed by atoms with Crippen molar-refractivity contribution in [1.29, 1.82) is 0 Å². The van der Waals surface area contributed by atoms with Crippen molar-refractivity contribution in [3.63, 3.8) is 0 Å². The van der Waals surface area contributed by atoms with Gasteiger partial charge in [-0.2, -0.15) is 4.98 Å². The lowest BCUT2D eigenvalue weighted by atomic mass is 9.79. The van der Waals surface area contributed by atoms with E-state index in [4.69, 9.17) is 18.7 Å². The summed E-state index contributed by atoms with van der Waals surface area (Å²) < 4.78 is 22.9. The molecular formula is C21H27N3O4. The van der Waals surface area contributed by atoms with Crippen molar-refractivity contribution in [2.45, 2.75) is 50.0 Å². The van der Waals surface area contributed by atoms with Gasteiger partial charge in [0.15, 0.2) is 11.5 Å². The minimum Gasteiger partial charge on any atom is -0.493 e. The number of nitrogens with zero attached hydrogens (tertiary/aromatic N) is 3. The molecule has 150 valence electrons. The number of hydrogen-bond acceptors (Lipinski definition) is 7. The van der Waals surface area contributed by atoms with Crippen LogP contribution in [0.4, 0.5) is 5.95 Å². The van der Waals surface area contributed by atoms with Crippen LogP contribution in [-0.2, 0) is 16.8 Å². The summed E-state index contributed by atoms with van der Waals surface area (Å²) in [6.07, 6.45) is 6.28. The molecule has 1 spiro atoms. The zero-order valence-electron chi connectivity index (χ0n) is 16.6. The Kier molecular flexibility index (Phi) is 4.42. The first-order valence-corrected chi connectivity index (χ1v) is 10.2. The van der Waals surface area contributed by atoms with E-state index in [9.17, 15) is 0 Å². The summed E-state index contributed by atoms with van der Waals surface area (Å²) in [5, 5.41) is 4.23. The maximum Gasteiger partial charge on any atom is 0.266 e. The van der Waals surface area contributed by atoms with Crippen molar-refractivity contribution in [1.82, 2.24) is 10.1 Å². The van der Waals surface area contributed by atoms with Crippen LogP contribution in [0.5, 0.6) is 11.5 Å². The van der Waals surface area contributed by atoms with E-state index in [0.29, 0.717) is 5.92 Å². The van der Waals surface area contributed by atoms with Gasteiger partial charge in [-0.15, -0.1) is 0 Å². The van der Waals surface area contributed by atoms with Gasteiger partial charge in [-0.3, -0.25) is 0 Å². The first-order chi connectivity index (χ1) is 13.7. The molecule has 0 atom stereocenters. The molecule has 7 nitrogen and oxygen atoms in total. The van der Waals surface area contributed by atoms with Crippen molar-refractivity contribution in [3.8, 4) is 11.5 Å². The lowest BCUT2D eigenvalue weighted by molar-refractivity contribution is -0.0769. The third-order valence-electron chi connectivity index (χ3n) is 6.59. The van der Waals surface area contributed by atoms with Gasteiger partial charge in [0.05, 0.1) is 26.4 Å². The van der Waals surface area contributed by atoms with Crippen LogP contribution in [0.2, 0.25) is 0 Å². The fourth-order valence-electron chi connectivity index (χ4n) is 4.64. The molecule has 2 aromatic rings. The maximum absolute atomic E-state index is 6.37. The number of hydrogen-bond donors (Lipinski definition) is 0. The second kappa shape index (κ2) is 6.95. The molecule has 2 aliphatic heterocycles. The van der Waals surface area contributed by atoms with Crippen LogP contribution < -0.4 is 14.4 Å². The predicted octanol–water partition coefficient (Wildman–Crippen LogP) is 3.42. The molecule has 3 heterocycles. The second-order valence-electron chi connectivity index (χ2n) is 8.00. The van der Waals surface area contributed by atoms with E-state index in [1.54, 1.807) is 14.2 Å². The van der Waals surface area contributed by atoms with Gasteiger partial charge in [0, 0.05) is 19.0 Å². The predicted molar refractivity (Wildman–Crippen MR) is 103 cm³/mol. The molecule has 1 aliphatic carbocycles. The van der Waals surface area contributed by atoms with Gasteiger partial charge in [-0.1, -0.05) is 6.42 Å². The Balaban J connectivity index is 1.37. The average Bonchev–Trinajstić information content (AvgIpc) is 3.16. The number of methoxy groups -OCH3 is 2. The molecule has 5 rings (SSSR count). The molecule has 0 N–H and O–H groups in total. The topological polar surface area (TPSA) is 69.9 Å². The molecule has 1 saturated carbocycles. The molecule has 28 heavy (non-hydrogen) atoms. The molecule has 7 heteroatoms. The monoisotopic (exact) mass is 385 g/mol. The number of fused-ring (bicyclic) bond motifs is 2. The number of aromatic nitrogens is 2. The van der Waals surface area contributed by atoms with Crippen molar-refractivity contribution in [2.75, 3.05) is 38.8 Å². The molecule has 0 bridgehead atoms. The highest BCUT2D eigenvalue weighted by atomic mass is 16.5. The Bertz CT molecular complexity index is 853. The number of rotatable bonds is 4. The van der Waals surface area contributed by atoms with Gasteiger partial charge >= 0.3 is 0 Å². The molecular weight excluding hydrogens is 358 g/mol. The average molecular weight is 385 g/mol. The van der Waals surface area contributed by atoms with E-state index in [-0.39, 0.29) is 5.60 Å². The number of ether oxygens (including phenoxy) is 3. The lowest BCUT2D eigenvalue weighted by Gasteiger charge is -2.45. The van der Waals surface area contributed by atoms with Gasteiger partial charge in [-0.25, -0.2) is 0 Å². The smallest absolute Gasteiger partial charge is 0.266 e. The lowest BCUT2D eigenvalue weighted by Crippen LogP contribution is -2.47. The first-order valence-electron chi connectivity index (χ1n) is 10.2. The van der Waals surface area contributed by atoms with Gasteiger partial charge < -0.3 is 23.6 Å². The van der Waals surface area contributed by atoms with Crippen LogP contribution in [0.15, 0.2) is 16.7 Å². The zero-order chi connectivity index (χ0) is 19.1. The van der Waals surface area contributed by atoms with Gasteiger partial charge in [0.1, 0.15) is 0 Å². The summed E-state index contributed by atoms with van der Waals surface area (Å²) in [5.41, 5.74) is 2.26. The largest absolute Gasteiger partial charge is 0.493 e. The third kappa shape index (κ3) is 2.83. The van der Waals surface area contributed by atoms with Gasteiger partial charge in [0.2, 0.25) is 5.89 Å². The minimum atomic E-state index is -0.274. The summed E-state index contributed by atoms with van der Waals surface area (Å²) in [6, 6.07) is 4.21. The fourth-order valence-corrected chi connectivity index (χ4v) is 4.64. The van der Waals surface area contributed by atoms with E-state index in [2.05, 4.69) is 27.2 Å². The Hall–Kier alpha value is -2.28. The molecule has 3 aliphatic rings. The molecule has 2 fully saturated rings. The fraction of sp³-hybridized carbons (Fsp3) is 0.619. The highest BCUT2D eigenvalue weighted by molar-refractivity contribution is 5.51. The molecule has 0 unspecified atom stereocenters. The quantitative estimate of drug-likeness (QED) is 0.799. The Labute approximate surface area is 165 Å². The van der Waals surface area contributed by atoms with E-state index in [1.165, 1.54) is 30.4 Å². The Morgan fingerprint density at radius 3 is 2.54 bits per heavy atom. The van der Waals surface area contributed by atoms with E-state index < -0.39 is 0 Å². The van der Waals surface area contributed by atoms with Crippen molar-refractivity contribution < 1.29 is 18.7 Å². The van der Waals surface area contributed by atoms with Crippen LogP contribution in [0.3, 0.4) is 0 Å². The minimum absolute atomic E-state index is 0.274. The summed E-state index contributed by atoms with van der Waals surface area (Å²) in [4.78, 5) is 6.87. The van der Waals surface area contributed by atoms with Crippen LogP contribution in [0.1, 0.15) is 55.0 Å². The van der Waals surface area contributed by atoms with Crippen molar-refractivity contribution in [2.24, 2.45) is 0 Å². The summed E-state index contributed by atoms with van der Waals surface area (Å²) >= 11 is 0. The number of benzene rings is 1. The SMILES string of the molecule is COc1cc2c(cc1OC)C1(CCN(c3noc(C4CCC4)n3)CC1)OCC2. The third-order valence-corrected chi connectivity index (χ3v) is 6.59. The highest BCUT2D eigenvalue weighted by Gasteiger charge is 2.42. The van der Waals surface area contributed by atoms with Crippen LogP contribution >= 0.6 is 0 Å². The van der Waals surface area contributed by atoms with E-state index in [0.717, 1.165) is 62.3 Å². The highest BCUT2D eigenvalue weighted by Crippen LogP contribution is 2.45. The number of piperidine rings is 1. The summed E-state index contributed by atoms with van der Waals surface area (Å²) in [5.74, 6) is 3.54. The van der Waals surface area contributed by atoms with E-state index >= 15 is 0 Å². The molecule has 1 aromatic carbocycles. The Morgan fingerprint density at radius 1 is 1.11 bits per heavy atom. The van der Waals surface area contributed by atoms with Crippen LogP contribution in [0.25, 0.3) is 0 Å². The molecule has 1 saturated heterocycles. The summed E-state index contributed by atoms with van der Waals surface area (Å²) in [6.45, 7) is 2.42. The molecule has 0 amide bonds. The Morgan fingerprint density at radius 2 is 1.86 bits per heavy atom. The maximum atomic E-state index is 6.37. The normalized spacial score (nSPS) is 21.3. The second-order valence-corrected chi connectivity index (χ2v) is 8.00. The molecule has 1 aromatic heterocycles. The molecule has 0 radical (unpaired) electrons. The van der Waals surface area contributed by atoms with Crippen molar-refractivity contribution >= 4 is 5.95 Å². The summed E-state index contributed by atoms with van der Waals surface area (Å²) in [7, 11) is 3.36. The van der Waals surface area contributed by atoms with Crippen LogP contribution in [0, 0.1) is 0 Å². The van der Waals surface area contributed by atoms with Gasteiger partial charge in [0.25, 0.3) is 5.95 Å². The van der Waals surface area contributed by atoms with Crippen LogP contribution in [-0.4, -0.2) is 44.1 Å². The van der Waals surface area contributed by atoms with E-state index in [1.807, 2.05) is 0 Å². The van der Waals surface area contributed by atoms with Gasteiger partial charge in [-0.05, 0) is 60.5 Å². The van der Waals surface area contributed by atoms with Crippen molar-refractivity contribution in [3.05, 3.63) is 29.2 Å². The zero-order valence-corrected chi connectivity index (χ0v) is 16.6. The first kappa shape index (κ1) is 17.8. The number of anilines is 1.